The number of nitrogens with one attached hydrogen (secondary N) is 1. The van der Waals surface area contributed by atoms with Crippen LogP contribution < -0.4 is 5.32 Å². The van der Waals surface area contributed by atoms with E-state index in [-0.39, 0.29) is 5.91 Å². The first-order valence-electron chi connectivity index (χ1n) is 7.98. The molecule has 1 saturated heterocycles. The maximum absolute atomic E-state index is 13.0. The van der Waals surface area contributed by atoms with E-state index >= 15 is 0 Å². The van der Waals surface area contributed by atoms with Gasteiger partial charge in [-0.25, -0.2) is 4.79 Å². The lowest BCUT2D eigenvalue weighted by atomic mass is 9.73. The van der Waals surface area contributed by atoms with Gasteiger partial charge in [-0.05, 0) is 43.4 Å². The largest absolute Gasteiger partial charge is 0.480 e. The fourth-order valence-electron chi connectivity index (χ4n) is 2.99. The Morgan fingerprint density at radius 2 is 2.12 bits per heavy atom. The van der Waals surface area contributed by atoms with Gasteiger partial charge in [-0.3, -0.25) is 4.79 Å². The van der Waals surface area contributed by atoms with Crippen molar-refractivity contribution in [1.82, 2.24) is 5.32 Å². The zero-order valence-electron chi connectivity index (χ0n) is 13.5. The second-order valence-corrected chi connectivity index (χ2v) is 6.37. The third kappa shape index (κ3) is 4.16. The maximum Gasteiger partial charge on any atom is 0.326 e. The highest BCUT2D eigenvalue weighted by atomic mass is 35.5. The fourth-order valence-corrected chi connectivity index (χ4v) is 3.18. The Morgan fingerprint density at radius 3 is 2.71 bits per heavy atom. The third-order valence-corrected chi connectivity index (χ3v) is 4.66. The Kier molecular flexibility index (Phi) is 6.40. The molecule has 1 aliphatic rings. The van der Waals surface area contributed by atoms with E-state index < -0.39 is 17.4 Å². The Balaban J connectivity index is 2.28. The second-order valence-electron chi connectivity index (χ2n) is 5.94. The van der Waals surface area contributed by atoms with Gasteiger partial charge in [-0.15, -0.1) is 6.58 Å². The van der Waals surface area contributed by atoms with Crippen molar-refractivity contribution in [2.24, 2.45) is 0 Å². The number of halogens is 1. The summed E-state index contributed by atoms with van der Waals surface area (Å²) in [5.74, 6) is -1.33. The average molecular weight is 352 g/mol. The molecule has 130 valence electrons. The molecule has 0 aliphatic carbocycles. The number of allylic oxidation sites excluding steroid dienone is 1. The average Bonchev–Trinajstić information content (AvgIpc) is 2.58. The molecule has 1 amide bonds. The fraction of sp³-hybridized carbons (Fsp3) is 0.444. The van der Waals surface area contributed by atoms with E-state index in [2.05, 4.69) is 11.9 Å². The van der Waals surface area contributed by atoms with Gasteiger partial charge in [0.1, 0.15) is 6.04 Å². The lowest BCUT2D eigenvalue weighted by Gasteiger charge is -2.37. The Labute approximate surface area is 146 Å². The van der Waals surface area contributed by atoms with Crippen molar-refractivity contribution in [3.8, 4) is 0 Å². The topological polar surface area (TPSA) is 75.6 Å². The van der Waals surface area contributed by atoms with Gasteiger partial charge in [0.05, 0.1) is 5.41 Å². The van der Waals surface area contributed by atoms with Crippen LogP contribution in [0.25, 0.3) is 0 Å². The molecular formula is C18H22ClNO4. The molecule has 1 aromatic rings. The predicted molar refractivity (Wildman–Crippen MR) is 92.2 cm³/mol. The number of rotatable bonds is 7. The number of hydrogen-bond donors (Lipinski definition) is 2. The van der Waals surface area contributed by atoms with Gasteiger partial charge in [0.2, 0.25) is 5.91 Å². The highest BCUT2D eigenvalue weighted by molar-refractivity contribution is 6.30. The SMILES string of the molecule is C=CCCC(NC(=O)C1(c2cccc(Cl)c2)CCOCC1)C(=O)O. The Hall–Kier alpha value is -1.85. The van der Waals surface area contributed by atoms with Gasteiger partial charge in [0, 0.05) is 18.2 Å². The van der Waals surface area contributed by atoms with Crippen molar-refractivity contribution in [2.75, 3.05) is 13.2 Å². The summed E-state index contributed by atoms with van der Waals surface area (Å²) in [5.41, 5.74) is -0.0194. The molecule has 5 nitrogen and oxygen atoms in total. The van der Waals surface area contributed by atoms with Gasteiger partial charge in [0.25, 0.3) is 0 Å². The van der Waals surface area contributed by atoms with Gasteiger partial charge in [-0.2, -0.15) is 0 Å². The van der Waals surface area contributed by atoms with Crippen LogP contribution >= 0.6 is 11.6 Å². The molecule has 1 fully saturated rings. The molecule has 0 spiro atoms. The van der Waals surface area contributed by atoms with Crippen molar-refractivity contribution in [1.29, 1.82) is 0 Å². The van der Waals surface area contributed by atoms with Gasteiger partial charge < -0.3 is 15.2 Å². The minimum absolute atomic E-state index is 0.287. The number of carbonyl (C=O) groups is 2. The van der Waals surface area contributed by atoms with Crippen LogP contribution in [0.3, 0.4) is 0 Å². The lowest BCUT2D eigenvalue weighted by Crippen LogP contribution is -2.52. The first kappa shape index (κ1) is 18.5. The van der Waals surface area contributed by atoms with Crippen molar-refractivity contribution in [3.63, 3.8) is 0 Å². The van der Waals surface area contributed by atoms with Crippen LogP contribution in [0, 0.1) is 0 Å². The number of aliphatic carboxylic acids is 1. The molecule has 1 aromatic carbocycles. The van der Waals surface area contributed by atoms with Crippen LogP contribution in [-0.4, -0.2) is 36.2 Å². The van der Waals surface area contributed by atoms with Crippen LogP contribution in [0.15, 0.2) is 36.9 Å². The monoisotopic (exact) mass is 351 g/mol. The van der Waals surface area contributed by atoms with E-state index in [1.807, 2.05) is 6.07 Å². The summed E-state index contributed by atoms with van der Waals surface area (Å²) in [6.07, 6.45) is 3.46. The smallest absolute Gasteiger partial charge is 0.326 e. The van der Waals surface area contributed by atoms with Crippen molar-refractivity contribution >= 4 is 23.5 Å². The number of carbonyl (C=O) groups excluding carboxylic acids is 1. The van der Waals surface area contributed by atoms with E-state index in [9.17, 15) is 14.7 Å². The number of ether oxygens (including phenoxy) is 1. The minimum Gasteiger partial charge on any atom is -0.480 e. The number of carboxylic acids is 1. The standard InChI is InChI=1S/C18H22ClNO4/c1-2-3-7-15(16(21)22)20-17(23)18(8-10-24-11-9-18)13-5-4-6-14(19)12-13/h2,4-6,12,15H,1,3,7-11H2,(H,20,23)(H,21,22). The highest BCUT2D eigenvalue weighted by Gasteiger charge is 2.43. The normalized spacial score (nSPS) is 17.7. The summed E-state index contributed by atoms with van der Waals surface area (Å²) < 4.78 is 5.40. The summed E-state index contributed by atoms with van der Waals surface area (Å²) in [4.78, 5) is 24.4. The van der Waals surface area contributed by atoms with E-state index in [0.29, 0.717) is 43.9 Å². The van der Waals surface area contributed by atoms with E-state index in [4.69, 9.17) is 16.3 Å². The Morgan fingerprint density at radius 1 is 1.42 bits per heavy atom. The Bertz CT molecular complexity index is 611. The van der Waals surface area contributed by atoms with Crippen LogP contribution in [0.4, 0.5) is 0 Å². The van der Waals surface area contributed by atoms with Gasteiger partial charge in [0.15, 0.2) is 0 Å². The molecule has 2 N–H and O–H groups in total. The molecule has 24 heavy (non-hydrogen) atoms. The molecule has 1 atom stereocenters. The minimum atomic E-state index is -1.04. The zero-order valence-corrected chi connectivity index (χ0v) is 14.2. The van der Waals surface area contributed by atoms with E-state index in [1.54, 1.807) is 24.3 Å². The molecule has 2 rings (SSSR count). The number of hydrogen-bond acceptors (Lipinski definition) is 3. The number of carboxylic acid groups (broad SMARTS) is 1. The van der Waals surface area contributed by atoms with Gasteiger partial charge >= 0.3 is 5.97 Å². The van der Waals surface area contributed by atoms with Crippen molar-refractivity contribution < 1.29 is 19.4 Å². The molecular weight excluding hydrogens is 330 g/mol. The molecule has 0 saturated carbocycles. The quantitative estimate of drug-likeness (QED) is 0.740. The zero-order chi connectivity index (χ0) is 17.6. The second kappa shape index (κ2) is 8.31. The van der Waals surface area contributed by atoms with E-state index in [1.165, 1.54) is 0 Å². The highest BCUT2D eigenvalue weighted by Crippen LogP contribution is 2.36. The van der Waals surface area contributed by atoms with Crippen LogP contribution in [0.5, 0.6) is 0 Å². The first-order valence-corrected chi connectivity index (χ1v) is 8.36. The maximum atomic E-state index is 13.0. The molecule has 6 heteroatoms. The summed E-state index contributed by atoms with van der Waals surface area (Å²) in [6, 6.07) is 6.24. The summed E-state index contributed by atoms with van der Waals surface area (Å²) in [7, 11) is 0. The third-order valence-electron chi connectivity index (χ3n) is 4.42. The predicted octanol–water partition coefficient (Wildman–Crippen LogP) is 2.92. The number of amides is 1. The molecule has 1 unspecified atom stereocenters. The van der Waals surface area contributed by atoms with Gasteiger partial charge in [-0.1, -0.05) is 29.8 Å². The summed E-state index contributed by atoms with van der Waals surface area (Å²) in [6.45, 7) is 4.49. The van der Waals surface area contributed by atoms with Crippen molar-refractivity contribution in [2.45, 2.75) is 37.1 Å². The first-order chi connectivity index (χ1) is 11.5. The van der Waals surface area contributed by atoms with Crippen LogP contribution in [0.1, 0.15) is 31.2 Å². The summed E-state index contributed by atoms with van der Waals surface area (Å²) >= 11 is 6.09. The molecule has 1 heterocycles. The lowest BCUT2D eigenvalue weighted by molar-refractivity contribution is -0.143. The molecule has 0 bridgehead atoms. The molecule has 1 aliphatic heterocycles. The number of benzene rings is 1. The molecule has 0 aromatic heterocycles. The van der Waals surface area contributed by atoms with E-state index in [0.717, 1.165) is 5.56 Å². The molecule has 0 radical (unpaired) electrons. The van der Waals surface area contributed by atoms with Crippen molar-refractivity contribution in [3.05, 3.63) is 47.5 Å². The van der Waals surface area contributed by atoms with Crippen LogP contribution in [-0.2, 0) is 19.7 Å². The van der Waals surface area contributed by atoms with Crippen LogP contribution in [0.2, 0.25) is 5.02 Å². The summed E-state index contributed by atoms with van der Waals surface area (Å²) in [5, 5.41) is 12.6.